The molecular formula is C7H9BrN2O2. The fourth-order valence-electron chi connectivity index (χ4n) is 0.738. The van der Waals surface area contributed by atoms with Gasteiger partial charge in [0.1, 0.15) is 11.5 Å². The van der Waals surface area contributed by atoms with Crippen molar-refractivity contribution >= 4 is 21.8 Å². The summed E-state index contributed by atoms with van der Waals surface area (Å²) in [4.78, 5) is 10.8. The van der Waals surface area contributed by atoms with Gasteiger partial charge in [0.2, 0.25) is 5.91 Å². The third-order valence-electron chi connectivity index (χ3n) is 1.26. The van der Waals surface area contributed by atoms with Gasteiger partial charge in [0.25, 0.3) is 0 Å². The SMILES string of the molecule is Cc1cc(CNC(=O)CBr)no1. The number of hydrogen-bond donors (Lipinski definition) is 1. The lowest BCUT2D eigenvalue weighted by Crippen LogP contribution is -2.23. The molecule has 0 aliphatic heterocycles. The Morgan fingerprint density at radius 2 is 2.58 bits per heavy atom. The maximum Gasteiger partial charge on any atom is 0.230 e. The molecule has 0 unspecified atom stereocenters. The van der Waals surface area contributed by atoms with Crippen LogP contribution in [0.2, 0.25) is 0 Å². The van der Waals surface area contributed by atoms with Crippen molar-refractivity contribution in [1.29, 1.82) is 0 Å². The number of aromatic nitrogens is 1. The molecule has 66 valence electrons. The average molecular weight is 233 g/mol. The Balaban J connectivity index is 2.38. The van der Waals surface area contributed by atoms with E-state index in [4.69, 9.17) is 4.52 Å². The number of rotatable bonds is 3. The van der Waals surface area contributed by atoms with Crippen molar-refractivity contribution in [3.63, 3.8) is 0 Å². The number of aryl methyl sites for hydroxylation is 1. The van der Waals surface area contributed by atoms with Gasteiger partial charge in [-0.2, -0.15) is 0 Å². The Morgan fingerprint density at radius 3 is 3.08 bits per heavy atom. The minimum atomic E-state index is -0.0596. The second-order valence-electron chi connectivity index (χ2n) is 2.34. The van der Waals surface area contributed by atoms with Gasteiger partial charge in [-0.05, 0) is 6.92 Å². The summed E-state index contributed by atoms with van der Waals surface area (Å²) in [7, 11) is 0. The highest BCUT2D eigenvalue weighted by Crippen LogP contribution is 2.00. The summed E-state index contributed by atoms with van der Waals surface area (Å²) in [6.07, 6.45) is 0. The largest absolute Gasteiger partial charge is 0.361 e. The van der Waals surface area contributed by atoms with Gasteiger partial charge in [-0.1, -0.05) is 21.1 Å². The van der Waals surface area contributed by atoms with E-state index in [2.05, 4.69) is 26.4 Å². The van der Waals surface area contributed by atoms with Crippen LogP contribution in [0.15, 0.2) is 10.6 Å². The third kappa shape index (κ3) is 2.65. The zero-order valence-corrected chi connectivity index (χ0v) is 8.22. The van der Waals surface area contributed by atoms with E-state index in [0.717, 1.165) is 11.5 Å². The van der Waals surface area contributed by atoms with Gasteiger partial charge in [-0.3, -0.25) is 4.79 Å². The van der Waals surface area contributed by atoms with Gasteiger partial charge in [0.15, 0.2) is 0 Å². The van der Waals surface area contributed by atoms with Gasteiger partial charge in [-0.25, -0.2) is 0 Å². The molecule has 0 bridgehead atoms. The fourth-order valence-corrected chi connectivity index (χ4v) is 0.936. The first-order valence-electron chi connectivity index (χ1n) is 3.47. The van der Waals surface area contributed by atoms with Crippen molar-refractivity contribution in [2.75, 3.05) is 5.33 Å². The molecule has 5 heteroatoms. The van der Waals surface area contributed by atoms with Crippen LogP contribution in [0.25, 0.3) is 0 Å². The normalized spacial score (nSPS) is 9.83. The average Bonchev–Trinajstić information content (AvgIpc) is 2.47. The van der Waals surface area contributed by atoms with Crippen molar-refractivity contribution in [3.8, 4) is 0 Å². The van der Waals surface area contributed by atoms with Crippen LogP contribution in [0, 0.1) is 6.92 Å². The van der Waals surface area contributed by atoms with E-state index >= 15 is 0 Å². The number of hydrogen-bond acceptors (Lipinski definition) is 3. The van der Waals surface area contributed by atoms with Crippen LogP contribution in [-0.4, -0.2) is 16.4 Å². The monoisotopic (exact) mass is 232 g/mol. The number of nitrogens with zero attached hydrogens (tertiary/aromatic N) is 1. The van der Waals surface area contributed by atoms with Crippen LogP contribution >= 0.6 is 15.9 Å². The quantitative estimate of drug-likeness (QED) is 0.792. The van der Waals surface area contributed by atoms with Crippen LogP contribution in [0.5, 0.6) is 0 Å². The zero-order valence-electron chi connectivity index (χ0n) is 6.63. The van der Waals surface area contributed by atoms with Gasteiger partial charge < -0.3 is 9.84 Å². The lowest BCUT2D eigenvalue weighted by Gasteiger charge is -1.96. The molecule has 1 aromatic heterocycles. The molecule has 4 nitrogen and oxygen atoms in total. The predicted molar refractivity (Wildman–Crippen MR) is 46.9 cm³/mol. The van der Waals surface area contributed by atoms with Gasteiger partial charge >= 0.3 is 0 Å². The topological polar surface area (TPSA) is 55.1 Å². The standard InChI is InChI=1S/C7H9BrN2O2/c1-5-2-6(10-12-5)4-9-7(11)3-8/h2H,3-4H2,1H3,(H,9,11). The molecule has 0 spiro atoms. The number of alkyl halides is 1. The Kier molecular flexibility index (Phi) is 3.28. The lowest BCUT2D eigenvalue weighted by atomic mass is 10.4. The van der Waals surface area contributed by atoms with Gasteiger partial charge in [-0.15, -0.1) is 0 Å². The molecule has 0 fully saturated rings. The molecule has 12 heavy (non-hydrogen) atoms. The smallest absolute Gasteiger partial charge is 0.230 e. The summed E-state index contributed by atoms with van der Waals surface area (Å²) in [5.74, 6) is 0.689. The van der Waals surface area contributed by atoms with Crippen molar-refractivity contribution in [1.82, 2.24) is 10.5 Å². The molecular weight excluding hydrogens is 224 g/mol. The van der Waals surface area contributed by atoms with E-state index in [1.54, 1.807) is 6.07 Å². The molecule has 0 aliphatic rings. The van der Waals surface area contributed by atoms with E-state index in [0.29, 0.717) is 11.9 Å². The molecule has 1 rings (SSSR count). The Morgan fingerprint density at radius 1 is 1.83 bits per heavy atom. The Labute approximate surface area is 78.4 Å². The molecule has 0 aromatic carbocycles. The number of carbonyl (C=O) groups excluding carboxylic acids is 1. The van der Waals surface area contributed by atoms with E-state index in [9.17, 15) is 4.79 Å². The summed E-state index contributed by atoms with van der Waals surface area (Å²) >= 11 is 3.04. The number of halogens is 1. The molecule has 0 aliphatic carbocycles. The summed E-state index contributed by atoms with van der Waals surface area (Å²) in [5.41, 5.74) is 0.738. The number of amides is 1. The molecule has 0 saturated carbocycles. The van der Waals surface area contributed by atoms with Crippen LogP contribution in [0.1, 0.15) is 11.5 Å². The molecule has 0 atom stereocenters. The molecule has 1 heterocycles. The van der Waals surface area contributed by atoms with Crippen molar-refractivity contribution in [2.45, 2.75) is 13.5 Å². The molecule has 0 radical (unpaired) electrons. The van der Waals surface area contributed by atoms with Crippen molar-refractivity contribution in [2.24, 2.45) is 0 Å². The van der Waals surface area contributed by atoms with E-state index < -0.39 is 0 Å². The Bertz CT molecular complexity index is 272. The first-order valence-corrected chi connectivity index (χ1v) is 4.59. The molecule has 1 aromatic rings. The summed E-state index contributed by atoms with van der Waals surface area (Å²) < 4.78 is 4.82. The zero-order chi connectivity index (χ0) is 8.97. The van der Waals surface area contributed by atoms with E-state index in [-0.39, 0.29) is 5.91 Å². The van der Waals surface area contributed by atoms with Gasteiger partial charge in [0, 0.05) is 6.07 Å². The summed E-state index contributed by atoms with van der Waals surface area (Å²) in [6.45, 7) is 2.23. The highest BCUT2D eigenvalue weighted by molar-refractivity contribution is 9.09. The highest BCUT2D eigenvalue weighted by atomic mass is 79.9. The maximum atomic E-state index is 10.8. The van der Waals surface area contributed by atoms with E-state index in [1.807, 2.05) is 6.92 Å². The number of carbonyl (C=O) groups is 1. The summed E-state index contributed by atoms with van der Waals surface area (Å²) in [5, 5.41) is 6.68. The lowest BCUT2D eigenvalue weighted by molar-refractivity contribution is -0.118. The molecule has 0 saturated heterocycles. The van der Waals surface area contributed by atoms with Crippen LogP contribution in [0.4, 0.5) is 0 Å². The minimum Gasteiger partial charge on any atom is -0.361 e. The molecule has 1 amide bonds. The van der Waals surface area contributed by atoms with Crippen LogP contribution in [-0.2, 0) is 11.3 Å². The van der Waals surface area contributed by atoms with Crippen LogP contribution in [0.3, 0.4) is 0 Å². The maximum absolute atomic E-state index is 10.8. The predicted octanol–water partition coefficient (Wildman–Crippen LogP) is 0.994. The second-order valence-corrected chi connectivity index (χ2v) is 2.90. The van der Waals surface area contributed by atoms with Crippen LogP contribution < -0.4 is 5.32 Å². The first kappa shape index (κ1) is 9.25. The van der Waals surface area contributed by atoms with Crippen molar-refractivity contribution < 1.29 is 9.32 Å². The molecule has 1 N–H and O–H groups in total. The van der Waals surface area contributed by atoms with E-state index in [1.165, 1.54) is 0 Å². The minimum absolute atomic E-state index is 0.0596. The fraction of sp³-hybridized carbons (Fsp3) is 0.429. The van der Waals surface area contributed by atoms with Crippen molar-refractivity contribution in [3.05, 3.63) is 17.5 Å². The second kappa shape index (κ2) is 4.25. The summed E-state index contributed by atoms with van der Waals surface area (Å²) in [6, 6.07) is 1.79. The van der Waals surface area contributed by atoms with Gasteiger partial charge in [0.05, 0.1) is 11.9 Å². The first-order chi connectivity index (χ1) is 5.72. The highest BCUT2D eigenvalue weighted by Gasteiger charge is 2.01. The number of nitrogens with one attached hydrogen (secondary N) is 1. The third-order valence-corrected chi connectivity index (χ3v) is 1.77. The Hall–Kier alpha value is -0.840.